The monoisotopic (exact) mass is 368 g/mol. The van der Waals surface area contributed by atoms with Crippen LogP contribution < -0.4 is 10.1 Å². The van der Waals surface area contributed by atoms with Gasteiger partial charge in [0.2, 0.25) is 5.91 Å². The minimum Gasteiger partial charge on any atom is -0.435 e. The Morgan fingerprint density at radius 3 is 2.56 bits per heavy atom. The molecule has 7 heteroatoms. The van der Waals surface area contributed by atoms with Crippen LogP contribution in [-0.4, -0.2) is 31.0 Å². The molecule has 2 rings (SSSR count). The van der Waals surface area contributed by atoms with E-state index in [0.29, 0.717) is 18.1 Å². The molecule has 0 aliphatic carbocycles. The van der Waals surface area contributed by atoms with Gasteiger partial charge in [0.15, 0.2) is 0 Å². The number of ether oxygens (including phenoxy) is 1. The lowest BCUT2D eigenvalue weighted by molar-refractivity contribution is -0.122. The van der Waals surface area contributed by atoms with E-state index in [1.54, 1.807) is 18.2 Å². The highest BCUT2D eigenvalue weighted by molar-refractivity contribution is 6.30. The summed E-state index contributed by atoms with van der Waals surface area (Å²) < 4.78 is 28.4. The maximum absolute atomic E-state index is 12.1. The van der Waals surface area contributed by atoms with Crippen molar-refractivity contribution in [1.29, 1.82) is 0 Å². The normalized spacial score (nSPS) is 11.0. The highest BCUT2D eigenvalue weighted by Crippen LogP contribution is 2.15. The first-order valence-corrected chi connectivity index (χ1v) is 8.03. The Morgan fingerprint density at radius 2 is 1.92 bits per heavy atom. The fourth-order valence-corrected chi connectivity index (χ4v) is 2.51. The molecule has 1 amide bonds. The minimum atomic E-state index is -2.85. The zero-order valence-electron chi connectivity index (χ0n) is 13.7. The number of nitrogens with one attached hydrogen (secondary N) is 1. The summed E-state index contributed by atoms with van der Waals surface area (Å²) in [5, 5.41) is 3.45. The van der Waals surface area contributed by atoms with E-state index < -0.39 is 6.61 Å². The lowest BCUT2D eigenvalue weighted by atomic mass is 10.2. The number of amides is 1. The first-order chi connectivity index (χ1) is 11.9. The summed E-state index contributed by atoms with van der Waals surface area (Å²) in [6.07, 6.45) is 0. The van der Waals surface area contributed by atoms with Gasteiger partial charge in [0, 0.05) is 18.1 Å². The molecule has 0 saturated carbocycles. The number of likely N-dealkylation sites (N-methyl/N-ethyl adjacent to an activating group) is 1. The molecule has 1 N–H and O–H groups in total. The second-order valence-electron chi connectivity index (χ2n) is 5.60. The van der Waals surface area contributed by atoms with Crippen LogP contribution in [0.2, 0.25) is 5.02 Å². The van der Waals surface area contributed by atoms with E-state index in [1.807, 2.05) is 30.1 Å². The Kier molecular flexibility index (Phi) is 7.16. The number of hydrogen-bond acceptors (Lipinski definition) is 3. The summed E-state index contributed by atoms with van der Waals surface area (Å²) in [4.78, 5) is 13.9. The van der Waals surface area contributed by atoms with Crippen molar-refractivity contribution in [3.05, 3.63) is 64.7 Å². The molecule has 0 aliphatic heterocycles. The largest absolute Gasteiger partial charge is 0.435 e. The molecule has 0 aliphatic rings. The van der Waals surface area contributed by atoms with Crippen molar-refractivity contribution in [2.45, 2.75) is 19.7 Å². The minimum absolute atomic E-state index is 0.0892. The molecule has 0 spiro atoms. The molecular formula is C18H19ClF2N2O2. The van der Waals surface area contributed by atoms with Crippen molar-refractivity contribution < 1.29 is 18.3 Å². The number of alkyl halides is 2. The van der Waals surface area contributed by atoms with E-state index in [0.717, 1.165) is 11.1 Å². The van der Waals surface area contributed by atoms with Crippen molar-refractivity contribution in [1.82, 2.24) is 10.2 Å². The van der Waals surface area contributed by atoms with Gasteiger partial charge in [-0.1, -0.05) is 35.9 Å². The van der Waals surface area contributed by atoms with Gasteiger partial charge in [0.1, 0.15) is 5.75 Å². The molecule has 0 unspecified atom stereocenters. The maximum atomic E-state index is 12.1. The van der Waals surface area contributed by atoms with Gasteiger partial charge in [0.25, 0.3) is 0 Å². The van der Waals surface area contributed by atoms with E-state index >= 15 is 0 Å². The molecule has 0 atom stereocenters. The van der Waals surface area contributed by atoms with Crippen molar-refractivity contribution in [2.24, 2.45) is 0 Å². The van der Waals surface area contributed by atoms with Crippen molar-refractivity contribution in [3.8, 4) is 5.75 Å². The van der Waals surface area contributed by atoms with Crippen LogP contribution in [0.15, 0.2) is 48.5 Å². The summed E-state index contributed by atoms with van der Waals surface area (Å²) in [5.74, 6) is -0.0382. The number of nitrogens with zero attached hydrogens (tertiary/aromatic N) is 1. The fraction of sp³-hybridized carbons (Fsp3) is 0.278. The number of carbonyl (C=O) groups is 1. The smallest absolute Gasteiger partial charge is 0.387 e. The third-order valence-electron chi connectivity index (χ3n) is 3.39. The standard InChI is InChI=1S/C18H19ClF2N2O2/c1-23(11-14-3-2-4-15(19)9-14)12-17(24)22-10-13-5-7-16(8-6-13)25-18(20)21/h2-9,18H,10-12H2,1H3,(H,22,24). The van der Waals surface area contributed by atoms with Crippen LogP contribution in [0.5, 0.6) is 5.75 Å². The molecule has 2 aromatic rings. The average Bonchev–Trinajstić information content (AvgIpc) is 2.53. The molecule has 134 valence electrons. The summed E-state index contributed by atoms with van der Waals surface area (Å²) >= 11 is 5.94. The number of hydrogen-bond donors (Lipinski definition) is 1. The van der Waals surface area contributed by atoms with Crippen LogP contribution in [0.4, 0.5) is 8.78 Å². The van der Waals surface area contributed by atoms with Crippen LogP contribution in [0.1, 0.15) is 11.1 Å². The number of rotatable bonds is 8. The SMILES string of the molecule is CN(CC(=O)NCc1ccc(OC(F)F)cc1)Cc1cccc(Cl)c1. The molecule has 0 aromatic heterocycles. The zero-order valence-corrected chi connectivity index (χ0v) is 14.5. The topological polar surface area (TPSA) is 41.6 Å². The van der Waals surface area contributed by atoms with Gasteiger partial charge in [-0.05, 0) is 42.4 Å². The average molecular weight is 369 g/mol. The molecule has 25 heavy (non-hydrogen) atoms. The van der Waals surface area contributed by atoms with Crippen molar-refractivity contribution >= 4 is 17.5 Å². The van der Waals surface area contributed by atoms with Gasteiger partial charge in [-0.25, -0.2) is 0 Å². The van der Waals surface area contributed by atoms with E-state index in [4.69, 9.17) is 11.6 Å². The summed E-state index contributed by atoms with van der Waals surface area (Å²) in [6.45, 7) is -1.69. The molecule has 0 fully saturated rings. The van der Waals surface area contributed by atoms with E-state index in [-0.39, 0.29) is 18.2 Å². The lowest BCUT2D eigenvalue weighted by Gasteiger charge is -2.16. The molecule has 0 radical (unpaired) electrons. The summed E-state index contributed by atoms with van der Waals surface area (Å²) in [6, 6.07) is 13.6. The highest BCUT2D eigenvalue weighted by Gasteiger charge is 2.08. The summed E-state index contributed by atoms with van der Waals surface area (Å²) in [7, 11) is 1.84. The molecule has 0 bridgehead atoms. The molecular weight excluding hydrogens is 350 g/mol. The zero-order chi connectivity index (χ0) is 18.2. The Balaban J connectivity index is 1.76. The van der Waals surface area contributed by atoms with E-state index in [9.17, 15) is 13.6 Å². The van der Waals surface area contributed by atoms with Crippen molar-refractivity contribution in [3.63, 3.8) is 0 Å². The van der Waals surface area contributed by atoms with Crippen LogP contribution in [0.3, 0.4) is 0 Å². The molecule has 0 heterocycles. The first-order valence-electron chi connectivity index (χ1n) is 7.66. The van der Waals surface area contributed by atoms with Gasteiger partial charge in [-0.2, -0.15) is 8.78 Å². The predicted molar refractivity (Wildman–Crippen MR) is 92.7 cm³/mol. The van der Waals surface area contributed by atoms with Gasteiger partial charge in [-0.3, -0.25) is 9.69 Å². The first kappa shape index (κ1) is 19.1. The Labute approximate surface area is 150 Å². The third-order valence-corrected chi connectivity index (χ3v) is 3.63. The molecule has 2 aromatic carbocycles. The fourth-order valence-electron chi connectivity index (χ4n) is 2.29. The maximum Gasteiger partial charge on any atom is 0.387 e. The van der Waals surface area contributed by atoms with Gasteiger partial charge >= 0.3 is 6.61 Å². The molecule has 0 saturated heterocycles. The predicted octanol–water partition coefficient (Wildman–Crippen LogP) is 3.69. The highest BCUT2D eigenvalue weighted by atomic mass is 35.5. The van der Waals surface area contributed by atoms with E-state index in [1.165, 1.54) is 12.1 Å². The lowest BCUT2D eigenvalue weighted by Crippen LogP contribution is -2.34. The number of benzene rings is 2. The Hall–Kier alpha value is -2.18. The van der Waals surface area contributed by atoms with Gasteiger partial charge < -0.3 is 10.1 Å². The number of halogens is 3. The van der Waals surface area contributed by atoms with Crippen LogP contribution >= 0.6 is 11.6 Å². The summed E-state index contributed by atoms with van der Waals surface area (Å²) in [5.41, 5.74) is 1.82. The molecule has 4 nitrogen and oxygen atoms in total. The second-order valence-corrected chi connectivity index (χ2v) is 6.04. The van der Waals surface area contributed by atoms with E-state index in [2.05, 4.69) is 10.1 Å². The van der Waals surface area contributed by atoms with Crippen LogP contribution in [-0.2, 0) is 17.9 Å². The second kappa shape index (κ2) is 9.34. The van der Waals surface area contributed by atoms with Gasteiger partial charge in [-0.15, -0.1) is 0 Å². The Morgan fingerprint density at radius 1 is 1.20 bits per heavy atom. The Bertz CT molecular complexity index is 696. The quantitative estimate of drug-likeness (QED) is 0.772. The van der Waals surface area contributed by atoms with Crippen LogP contribution in [0, 0.1) is 0 Å². The van der Waals surface area contributed by atoms with Crippen molar-refractivity contribution in [2.75, 3.05) is 13.6 Å². The third kappa shape index (κ3) is 7.07. The number of carbonyl (C=O) groups excluding carboxylic acids is 1. The van der Waals surface area contributed by atoms with Crippen LogP contribution in [0.25, 0.3) is 0 Å². The van der Waals surface area contributed by atoms with Gasteiger partial charge in [0.05, 0.1) is 6.54 Å².